The van der Waals surface area contributed by atoms with Crippen LogP contribution in [0.25, 0.3) is 0 Å². The number of nitrogens with one attached hydrogen (secondary N) is 2. The van der Waals surface area contributed by atoms with Crippen molar-refractivity contribution in [2.75, 3.05) is 11.9 Å². The average molecular weight is 182 g/mol. The third-order valence-electron chi connectivity index (χ3n) is 1.49. The van der Waals surface area contributed by atoms with Gasteiger partial charge in [-0.05, 0) is 6.42 Å². The maximum atomic E-state index is 11.1. The lowest BCUT2D eigenvalue weighted by Gasteiger charge is -2.02. The Morgan fingerprint density at radius 1 is 1.69 bits per heavy atom. The van der Waals surface area contributed by atoms with Gasteiger partial charge < -0.3 is 5.32 Å². The first kappa shape index (κ1) is 9.57. The smallest absolute Gasteiger partial charge is 0.320 e. The molecule has 0 fully saturated rings. The van der Waals surface area contributed by atoms with Crippen molar-refractivity contribution >= 4 is 11.8 Å². The zero-order chi connectivity index (χ0) is 9.68. The van der Waals surface area contributed by atoms with Crippen molar-refractivity contribution in [1.29, 1.82) is 0 Å². The summed E-state index contributed by atoms with van der Waals surface area (Å²) < 4.78 is 1.63. The number of urea groups is 1. The Morgan fingerprint density at radius 2 is 2.46 bits per heavy atom. The molecule has 0 atom stereocenters. The summed E-state index contributed by atoms with van der Waals surface area (Å²) in [6.07, 6.45) is 2.70. The number of aryl methyl sites for hydroxylation is 1. The van der Waals surface area contributed by atoms with E-state index in [-0.39, 0.29) is 6.03 Å². The molecule has 0 saturated heterocycles. The predicted molar refractivity (Wildman–Crippen MR) is 50.5 cm³/mol. The van der Waals surface area contributed by atoms with Gasteiger partial charge in [0.15, 0.2) is 5.82 Å². The Balaban J connectivity index is 2.36. The van der Waals surface area contributed by atoms with E-state index < -0.39 is 0 Å². The van der Waals surface area contributed by atoms with Gasteiger partial charge in [-0.1, -0.05) is 6.92 Å². The Morgan fingerprint density at radius 3 is 3.00 bits per heavy atom. The molecule has 0 radical (unpaired) electrons. The van der Waals surface area contributed by atoms with E-state index in [0.29, 0.717) is 12.4 Å². The number of aromatic nitrogens is 2. The number of amides is 2. The molecule has 2 amide bonds. The molecule has 1 aromatic heterocycles. The van der Waals surface area contributed by atoms with Crippen LogP contribution in [0.4, 0.5) is 10.6 Å². The highest BCUT2D eigenvalue weighted by atomic mass is 16.2. The van der Waals surface area contributed by atoms with Crippen LogP contribution in [-0.2, 0) is 7.05 Å². The van der Waals surface area contributed by atoms with Crippen LogP contribution in [0, 0.1) is 0 Å². The molecule has 13 heavy (non-hydrogen) atoms. The highest BCUT2D eigenvalue weighted by molar-refractivity contribution is 5.87. The molecule has 0 spiro atoms. The van der Waals surface area contributed by atoms with Crippen LogP contribution < -0.4 is 10.6 Å². The topological polar surface area (TPSA) is 59.0 Å². The molecule has 0 aromatic carbocycles. The quantitative estimate of drug-likeness (QED) is 0.731. The molecule has 1 heterocycles. The fourth-order valence-electron chi connectivity index (χ4n) is 0.881. The molecular formula is C8H14N4O. The standard InChI is InChI=1S/C8H14N4O/c1-3-5-9-8(13)10-7-4-6-12(2)11-7/h4,6H,3,5H2,1-2H3,(H2,9,10,11,13). The zero-order valence-electron chi connectivity index (χ0n) is 7.87. The van der Waals surface area contributed by atoms with Gasteiger partial charge in [-0.25, -0.2) is 4.79 Å². The molecule has 1 aromatic rings. The molecule has 0 bridgehead atoms. The summed E-state index contributed by atoms with van der Waals surface area (Å²) in [7, 11) is 1.80. The largest absolute Gasteiger partial charge is 0.338 e. The molecule has 0 unspecified atom stereocenters. The summed E-state index contributed by atoms with van der Waals surface area (Å²) in [5.74, 6) is 0.566. The normalized spacial score (nSPS) is 9.69. The second-order valence-corrected chi connectivity index (χ2v) is 2.76. The third kappa shape index (κ3) is 3.14. The molecule has 0 aliphatic carbocycles. The van der Waals surface area contributed by atoms with Gasteiger partial charge in [-0.3, -0.25) is 10.00 Å². The van der Waals surface area contributed by atoms with Gasteiger partial charge in [0.05, 0.1) is 0 Å². The van der Waals surface area contributed by atoms with Crippen LogP contribution in [0.5, 0.6) is 0 Å². The average Bonchev–Trinajstić information content (AvgIpc) is 2.48. The van der Waals surface area contributed by atoms with Crippen LogP contribution in [0.15, 0.2) is 12.3 Å². The molecule has 2 N–H and O–H groups in total. The van der Waals surface area contributed by atoms with Gasteiger partial charge in [-0.15, -0.1) is 0 Å². The zero-order valence-corrected chi connectivity index (χ0v) is 7.87. The predicted octanol–water partition coefficient (Wildman–Crippen LogP) is 0.952. The maximum Gasteiger partial charge on any atom is 0.320 e. The van der Waals surface area contributed by atoms with Crippen molar-refractivity contribution in [3.8, 4) is 0 Å². The Kier molecular flexibility index (Phi) is 3.31. The van der Waals surface area contributed by atoms with Crippen LogP contribution in [-0.4, -0.2) is 22.4 Å². The maximum absolute atomic E-state index is 11.1. The lowest BCUT2D eigenvalue weighted by atomic mass is 10.5. The first-order valence-electron chi connectivity index (χ1n) is 4.27. The Labute approximate surface area is 77.1 Å². The molecule has 1 rings (SSSR count). The highest BCUT2D eigenvalue weighted by Gasteiger charge is 2.01. The van der Waals surface area contributed by atoms with Crippen LogP contribution >= 0.6 is 0 Å². The van der Waals surface area contributed by atoms with Crippen LogP contribution in [0.3, 0.4) is 0 Å². The van der Waals surface area contributed by atoms with Crippen molar-refractivity contribution in [2.24, 2.45) is 7.05 Å². The van der Waals surface area contributed by atoms with E-state index in [2.05, 4.69) is 15.7 Å². The Bertz CT molecular complexity index is 281. The fraction of sp³-hybridized carbons (Fsp3) is 0.500. The summed E-state index contributed by atoms with van der Waals surface area (Å²) in [5, 5.41) is 9.31. The monoisotopic (exact) mass is 182 g/mol. The lowest BCUT2D eigenvalue weighted by Crippen LogP contribution is -2.29. The van der Waals surface area contributed by atoms with Gasteiger partial charge in [-0.2, -0.15) is 5.10 Å². The van der Waals surface area contributed by atoms with Gasteiger partial charge in [0, 0.05) is 25.9 Å². The second-order valence-electron chi connectivity index (χ2n) is 2.76. The minimum atomic E-state index is -0.208. The second kappa shape index (κ2) is 4.49. The van der Waals surface area contributed by atoms with Crippen molar-refractivity contribution in [3.63, 3.8) is 0 Å². The van der Waals surface area contributed by atoms with Crippen LogP contribution in [0.2, 0.25) is 0 Å². The van der Waals surface area contributed by atoms with E-state index in [1.165, 1.54) is 0 Å². The van der Waals surface area contributed by atoms with Gasteiger partial charge in [0.2, 0.25) is 0 Å². The molecule has 0 aliphatic heterocycles. The number of carbonyl (C=O) groups excluding carboxylic acids is 1. The van der Waals surface area contributed by atoms with Crippen molar-refractivity contribution in [1.82, 2.24) is 15.1 Å². The van der Waals surface area contributed by atoms with E-state index in [0.717, 1.165) is 6.42 Å². The van der Waals surface area contributed by atoms with E-state index in [1.807, 2.05) is 6.92 Å². The molecular weight excluding hydrogens is 168 g/mol. The minimum Gasteiger partial charge on any atom is -0.338 e. The number of anilines is 1. The number of hydrogen-bond donors (Lipinski definition) is 2. The first-order valence-corrected chi connectivity index (χ1v) is 4.27. The van der Waals surface area contributed by atoms with E-state index >= 15 is 0 Å². The molecule has 72 valence electrons. The fourth-order valence-corrected chi connectivity index (χ4v) is 0.881. The number of rotatable bonds is 3. The molecule has 0 aliphatic rings. The number of hydrogen-bond acceptors (Lipinski definition) is 2. The van der Waals surface area contributed by atoms with Crippen molar-refractivity contribution in [2.45, 2.75) is 13.3 Å². The molecule has 0 saturated carbocycles. The van der Waals surface area contributed by atoms with Gasteiger partial charge in [0.25, 0.3) is 0 Å². The number of nitrogens with zero attached hydrogens (tertiary/aromatic N) is 2. The van der Waals surface area contributed by atoms with E-state index in [9.17, 15) is 4.79 Å². The van der Waals surface area contributed by atoms with Gasteiger partial charge >= 0.3 is 6.03 Å². The summed E-state index contributed by atoms with van der Waals surface area (Å²) in [6, 6.07) is 1.53. The SMILES string of the molecule is CCCNC(=O)Nc1ccn(C)n1. The van der Waals surface area contributed by atoms with Crippen LogP contribution in [0.1, 0.15) is 13.3 Å². The molecule has 5 heteroatoms. The number of carbonyl (C=O) groups is 1. The van der Waals surface area contributed by atoms with E-state index in [1.54, 1.807) is 24.0 Å². The Hall–Kier alpha value is -1.52. The minimum absolute atomic E-state index is 0.208. The summed E-state index contributed by atoms with van der Waals surface area (Å²) in [4.78, 5) is 11.1. The summed E-state index contributed by atoms with van der Waals surface area (Å²) in [6.45, 7) is 2.68. The van der Waals surface area contributed by atoms with Gasteiger partial charge in [0.1, 0.15) is 0 Å². The van der Waals surface area contributed by atoms with Crippen molar-refractivity contribution in [3.05, 3.63) is 12.3 Å². The lowest BCUT2D eigenvalue weighted by molar-refractivity contribution is 0.252. The first-order chi connectivity index (χ1) is 6.22. The molecule has 5 nitrogen and oxygen atoms in total. The summed E-state index contributed by atoms with van der Waals surface area (Å²) >= 11 is 0. The summed E-state index contributed by atoms with van der Waals surface area (Å²) in [5.41, 5.74) is 0. The third-order valence-corrected chi connectivity index (χ3v) is 1.49. The van der Waals surface area contributed by atoms with E-state index in [4.69, 9.17) is 0 Å². The highest BCUT2D eigenvalue weighted by Crippen LogP contribution is 1.99. The van der Waals surface area contributed by atoms with Crippen molar-refractivity contribution < 1.29 is 4.79 Å².